The van der Waals surface area contributed by atoms with Crippen LogP contribution in [-0.4, -0.2) is 60.9 Å². The van der Waals surface area contributed by atoms with Gasteiger partial charge < -0.3 is 19.4 Å². The number of furan rings is 1. The van der Waals surface area contributed by atoms with Crippen molar-refractivity contribution in [2.24, 2.45) is 5.92 Å². The molecule has 0 radical (unpaired) electrons. The third-order valence-corrected chi connectivity index (χ3v) is 5.28. The number of amides is 2. The van der Waals surface area contributed by atoms with Crippen molar-refractivity contribution in [3.8, 4) is 5.75 Å². The highest BCUT2D eigenvalue weighted by atomic mass is 19.1. The molecule has 1 aromatic carbocycles. The Kier molecular flexibility index (Phi) is 7.10. The van der Waals surface area contributed by atoms with E-state index in [4.69, 9.17) is 9.15 Å². The number of halogens is 1. The van der Waals surface area contributed by atoms with Crippen LogP contribution in [0.25, 0.3) is 0 Å². The molecule has 0 unspecified atom stereocenters. The highest BCUT2D eigenvalue weighted by molar-refractivity contribution is 5.95. The summed E-state index contributed by atoms with van der Waals surface area (Å²) >= 11 is 0. The van der Waals surface area contributed by atoms with Gasteiger partial charge in [-0.05, 0) is 36.2 Å². The molecule has 162 valence electrons. The van der Waals surface area contributed by atoms with Gasteiger partial charge in [-0.3, -0.25) is 14.5 Å². The van der Waals surface area contributed by atoms with E-state index >= 15 is 0 Å². The van der Waals surface area contributed by atoms with Crippen molar-refractivity contribution in [3.05, 3.63) is 53.7 Å². The average molecular weight is 417 g/mol. The number of carbonyl (C=O) groups is 2. The first kappa shape index (κ1) is 21.8. The molecule has 1 N–H and O–H groups in total. The summed E-state index contributed by atoms with van der Waals surface area (Å²) in [6, 6.07) is 7.05. The Bertz CT molecular complexity index is 861. The number of ether oxygens (including phenoxy) is 1. The van der Waals surface area contributed by atoms with Crippen LogP contribution in [0, 0.1) is 11.7 Å². The number of rotatable bonds is 7. The maximum atomic E-state index is 13.6. The molecule has 8 heteroatoms. The Labute approximate surface area is 175 Å². The van der Waals surface area contributed by atoms with E-state index in [2.05, 4.69) is 10.2 Å². The summed E-state index contributed by atoms with van der Waals surface area (Å²) in [6.07, 6.45) is 1.42. The first-order chi connectivity index (χ1) is 14.4. The molecule has 1 aliphatic heterocycles. The van der Waals surface area contributed by atoms with Crippen molar-refractivity contribution >= 4 is 11.8 Å². The molecule has 1 saturated heterocycles. The molecule has 1 aromatic heterocycles. The highest BCUT2D eigenvalue weighted by Gasteiger charge is 2.31. The van der Waals surface area contributed by atoms with Gasteiger partial charge in [-0.25, -0.2) is 4.39 Å². The summed E-state index contributed by atoms with van der Waals surface area (Å²) in [6.45, 7) is 6.73. The van der Waals surface area contributed by atoms with Gasteiger partial charge >= 0.3 is 0 Å². The van der Waals surface area contributed by atoms with Gasteiger partial charge in [-0.2, -0.15) is 0 Å². The number of piperazine rings is 1. The van der Waals surface area contributed by atoms with Crippen LogP contribution in [0.4, 0.5) is 4.39 Å². The molecule has 1 fully saturated rings. The molecule has 7 nitrogen and oxygen atoms in total. The topological polar surface area (TPSA) is 75.0 Å². The first-order valence-electron chi connectivity index (χ1n) is 10.1. The number of benzene rings is 1. The predicted octanol–water partition coefficient (Wildman–Crippen LogP) is 2.53. The highest BCUT2D eigenvalue weighted by Crippen LogP contribution is 2.22. The second-order valence-corrected chi connectivity index (χ2v) is 7.73. The van der Waals surface area contributed by atoms with Gasteiger partial charge in [0.25, 0.3) is 5.91 Å². The Hall–Kier alpha value is -2.87. The molecule has 3 rings (SSSR count). The first-order valence-corrected chi connectivity index (χ1v) is 10.1. The quantitative estimate of drug-likeness (QED) is 0.749. The van der Waals surface area contributed by atoms with Gasteiger partial charge in [0.2, 0.25) is 5.91 Å². The van der Waals surface area contributed by atoms with Gasteiger partial charge in [-0.1, -0.05) is 13.8 Å². The smallest absolute Gasteiger partial charge is 0.287 e. The minimum absolute atomic E-state index is 0.0639. The van der Waals surface area contributed by atoms with Crippen molar-refractivity contribution in [1.82, 2.24) is 15.1 Å². The van der Waals surface area contributed by atoms with Gasteiger partial charge in [0.15, 0.2) is 5.76 Å². The monoisotopic (exact) mass is 417 g/mol. The molecule has 2 heterocycles. The van der Waals surface area contributed by atoms with E-state index in [1.54, 1.807) is 30.2 Å². The Morgan fingerprint density at radius 2 is 1.93 bits per heavy atom. The van der Waals surface area contributed by atoms with Crippen molar-refractivity contribution in [3.63, 3.8) is 0 Å². The normalized spacial score (nSPS) is 15.8. The van der Waals surface area contributed by atoms with Crippen LogP contribution in [-0.2, 0) is 11.3 Å². The zero-order valence-electron chi connectivity index (χ0n) is 17.6. The lowest BCUT2D eigenvalue weighted by atomic mass is 10.0. The molecule has 2 amide bonds. The van der Waals surface area contributed by atoms with Crippen LogP contribution < -0.4 is 10.1 Å². The average Bonchev–Trinajstić information content (AvgIpc) is 3.27. The molecule has 0 saturated carbocycles. The number of hydrogen-bond donors (Lipinski definition) is 1. The summed E-state index contributed by atoms with van der Waals surface area (Å²) in [5.74, 6) is -0.0350. The van der Waals surface area contributed by atoms with Crippen molar-refractivity contribution < 1.29 is 23.1 Å². The molecular formula is C22H28FN3O4. The van der Waals surface area contributed by atoms with Crippen LogP contribution in [0.3, 0.4) is 0 Å². The summed E-state index contributed by atoms with van der Waals surface area (Å²) in [5.41, 5.74) is 0.781. The molecule has 2 aromatic rings. The summed E-state index contributed by atoms with van der Waals surface area (Å²) in [7, 11) is 1.57. The minimum atomic E-state index is -0.627. The van der Waals surface area contributed by atoms with Crippen LogP contribution in [0.1, 0.15) is 30.0 Å². The third kappa shape index (κ3) is 5.18. The van der Waals surface area contributed by atoms with Crippen LogP contribution in [0.2, 0.25) is 0 Å². The second-order valence-electron chi connectivity index (χ2n) is 7.73. The molecule has 1 atom stereocenters. The van der Waals surface area contributed by atoms with Gasteiger partial charge in [0.1, 0.15) is 17.6 Å². The van der Waals surface area contributed by atoms with Crippen molar-refractivity contribution in [2.75, 3.05) is 33.3 Å². The number of carbonyl (C=O) groups excluding carboxylic acids is 2. The maximum Gasteiger partial charge on any atom is 0.287 e. The molecule has 1 aliphatic rings. The zero-order valence-corrected chi connectivity index (χ0v) is 17.6. The Balaban J connectivity index is 1.58. The van der Waals surface area contributed by atoms with Crippen LogP contribution in [0.15, 0.2) is 41.0 Å². The lowest BCUT2D eigenvalue weighted by Crippen LogP contribution is -2.56. The van der Waals surface area contributed by atoms with Crippen LogP contribution in [0.5, 0.6) is 5.75 Å². The van der Waals surface area contributed by atoms with Gasteiger partial charge in [0, 0.05) is 38.3 Å². The van der Waals surface area contributed by atoms with E-state index in [0.717, 1.165) is 5.56 Å². The number of nitrogens with one attached hydrogen (secondary N) is 1. The Morgan fingerprint density at radius 1 is 1.20 bits per heavy atom. The standard InChI is InChI=1S/C22H28FN3O4/c1-15(2)20(24-21(27)19-5-4-12-30-19)22(28)26-10-8-25(9-11-26)14-16-13-17(23)6-7-18(16)29-3/h4-7,12-13,15,20H,8-11,14H2,1-3H3,(H,24,27)/t20-/m0/s1. The van der Waals surface area contributed by atoms with E-state index in [9.17, 15) is 14.0 Å². The lowest BCUT2D eigenvalue weighted by Gasteiger charge is -2.37. The fraction of sp³-hybridized carbons (Fsp3) is 0.455. The van der Waals surface area contributed by atoms with Crippen LogP contribution >= 0.6 is 0 Å². The summed E-state index contributed by atoms with van der Waals surface area (Å²) in [4.78, 5) is 29.3. The van der Waals surface area contributed by atoms with Crippen molar-refractivity contribution in [2.45, 2.75) is 26.4 Å². The second kappa shape index (κ2) is 9.75. The van der Waals surface area contributed by atoms with E-state index < -0.39 is 11.9 Å². The molecule has 30 heavy (non-hydrogen) atoms. The predicted molar refractivity (Wildman–Crippen MR) is 110 cm³/mol. The largest absolute Gasteiger partial charge is 0.496 e. The molecular weight excluding hydrogens is 389 g/mol. The van der Waals surface area contributed by atoms with E-state index in [-0.39, 0.29) is 23.4 Å². The maximum absolute atomic E-state index is 13.6. The molecule has 0 spiro atoms. The fourth-order valence-electron chi connectivity index (χ4n) is 3.57. The number of nitrogens with zero attached hydrogens (tertiary/aromatic N) is 2. The number of hydrogen-bond acceptors (Lipinski definition) is 5. The zero-order chi connectivity index (χ0) is 21.7. The Morgan fingerprint density at radius 3 is 2.53 bits per heavy atom. The van der Waals surface area contributed by atoms with E-state index in [1.807, 2.05) is 13.8 Å². The summed E-state index contributed by atoms with van der Waals surface area (Å²) < 4.78 is 24.0. The SMILES string of the molecule is COc1ccc(F)cc1CN1CCN(C(=O)[C@@H](NC(=O)c2ccco2)C(C)C)CC1. The molecule has 0 bridgehead atoms. The van der Waals surface area contributed by atoms with Gasteiger partial charge in [-0.15, -0.1) is 0 Å². The lowest BCUT2D eigenvalue weighted by molar-refractivity contribution is -0.136. The van der Waals surface area contributed by atoms with E-state index in [0.29, 0.717) is 38.5 Å². The summed E-state index contributed by atoms with van der Waals surface area (Å²) in [5, 5.41) is 2.79. The van der Waals surface area contributed by atoms with Gasteiger partial charge in [0.05, 0.1) is 13.4 Å². The number of methoxy groups -OCH3 is 1. The third-order valence-electron chi connectivity index (χ3n) is 5.28. The van der Waals surface area contributed by atoms with Crippen molar-refractivity contribution in [1.29, 1.82) is 0 Å². The molecule has 0 aliphatic carbocycles. The van der Waals surface area contributed by atoms with E-state index in [1.165, 1.54) is 18.4 Å². The fourth-order valence-corrected chi connectivity index (χ4v) is 3.57. The minimum Gasteiger partial charge on any atom is -0.496 e.